The number of nitrogens with zero attached hydrogens (tertiary/aromatic N) is 1. The van der Waals surface area contributed by atoms with Crippen molar-refractivity contribution in [2.45, 2.75) is 31.9 Å². The molecular weight excluding hydrogens is 252 g/mol. The van der Waals surface area contributed by atoms with Gasteiger partial charge in [0.15, 0.2) is 0 Å². The minimum Gasteiger partial charge on any atom is -0.598 e. The van der Waals surface area contributed by atoms with Gasteiger partial charge in [0, 0.05) is 29.5 Å². The van der Waals surface area contributed by atoms with Gasteiger partial charge < -0.3 is 4.55 Å². The van der Waals surface area contributed by atoms with Crippen molar-refractivity contribution >= 4 is 17.0 Å². The van der Waals surface area contributed by atoms with E-state index in [1.165, 1.54) is 6.07 Å². The van der Waals surface area contributed by atoms with E-state index in [-0.39, 0.29) is 10.4 Å². The fourth-order valence-electron chi connectivity index (χ4n) is 1.40. The van der Waals surface area contributed by atoms with Crippen molar-refractivity contribution in [1.82, 2.24) is 4.72 Å². The molecule has 1 N–H and O–H groups in total. The molecule has 0 saturated heterocycles. The molecule has 0 spiro atoms. The first kappa shape index (κ1) is 14.9. The lowest BCUT2D eigenvalue weighted by Gasteiger charge is -2.23. The maximum Gasteiger partial charge on any atom is 0.272 e. The molecule has 0 saturated carbocycles. The fraction of sp³-hybridized carbons (Fsp3) is 0.500. The first-order valence-electron chi connectivity index (χ1n) is 5.70. The van der Waals surface area contributed by atoms with Gasteiger partial charge >= 0.3 is 0 Å². The van der Waals surface area contributed by atoms with Gasteiger partial charge in [-0.15, -0.1) is 4.72 Å². The Morgan fingerprint density at radius 3 is 2.50 bits per heavy atom. The van der Waals surface area contributed by atoms with Crippen LogP contribution in [0.15, 0.2) is 24.3 Å². The largest absolute Gasteiger partial charge is 0.598 e. The smallest absolute Gasteiger partial charge is 0.272 e. The Morgan fingerprint density at radius 2 is 1.94 bits per heavy atom. The molecule has 0 radical (unpaired) electrons. The Hall–Kier alpha value is -1.11. The number of nitro groups is 1. The molecule has 0 bridgehead atoms. The topological polar surface area (TPSA) is 78.2 Å². The van der Waals surface area contributed by atoms with E-state index in [2.05, 4.69) is 4.72 Å². The van der Waals surface area contributed by atoms with Crippen LogP contribution in [0.5, 0.6) is 0 Å². The van der Waals surface area contributed by atoms with E-state index >= 15 is 0 Å². The van der Waals surface area contributed by atoms with Gasteiger partial charge in [0.25, 0.3) is 5.69 Å². The highest BCUT2D eigenvalue weighted by Crippen LogP contribution is 2.18. The highest BCUT2D eigenvalue weighted by Gasteiger charge is 2.26. The molecule has 100 valence electrons. The fourth-order valence-corrected chi connectivity index (χ4v) is 2.12. The maximum absolute atomic E-state index is 11.7. The average Bonchev–Trinajstić information content (AvgIpc) is 2.28. The van der Waals surface area contributed by atoms with Crippen LogP contribution in [-0.4, -0.2) is 20.8 Å². The van der Waals surface area contributed by atoms with Crippen LogP contribution >= 0.6 is 0 Å². The molecule has 1 aromatic carbocycles. The zero-order valence-electron chi connectivity index (χ0n) is 10.8. The van der Waals surface area contributed by atoms with Crippen LogP contribution in [0.1, 0.15) is 26.3 Å². The lowest BCUT2D eigenvalue weighted by molar-refractivity contribution is -0.385. The van der Waals surface area contributed by atoms with Crippen molar-refractivity contribution in [2.24, 2.45) is 0 Å². The summed E-state index contributed by atoms with van der Waals surface area (Å²) >= 11 is -1.15. The van der Waals surface area contributed by atoms with E-state index in [1.807, 2.05) is 20.8 Å². The van der Waals surface area contributed by atoms with Crippen molar-refractivity contribution in [3.63, 3.8) is 0 Å². The van der Waals surface area contributed by atoms with Crippen LogP contribution in [0.2, 0.25) is 0 Å². The number of hydrogen-bond acceptors (Lipinski definition) is 4. The van der Waals surface area contributed by atoms with Gasteiger partial charge in [-0.05, 0) is 27.2 Å². The predicted octanol–water partition coefficient (Wildman–Crippen LogP) is 2.19. The molecule has 6 heteroatoms. The van der Waals surface area contributed by atoms with Gasteiger partial charge in [-0.1, -0.05) is 18.2 Å². The molecule has 0 aliphatic heterocycles. The Morgan fingerprint density at radius 1 is 1.33 bits per heavy atom. The standard InChI is InChI=1S/C12H18N2O3S/c1-12(2,3)18(17)13-9-8-10-6-4-5-7-11(10)14(15)16/h4-7,13H,8-9H2,1-3H3/t18-/m0/s1. The highest BCUT2D eigenvalue weighted by atomic mass is 32.2. The number of nitrogens with one attached hydrogen (secondary N) is 1. The molecule has 0 heterocycles. The quantitative estimate of drug-likeness (QED) is 0.505. The first-order chi connectivity index (χ1) is 8.32. The summed E-state index contributed by atoms with van der Waals surface area (Å²) in [7, 11) is 0. The third-order valence-corrected chi connectivity index (χ3v) is 3.95. The lowest BCUT2D eigenvalue weighted by atomic mass is 10.1. The van der Waals surface area contributed by atoms with Crippen molar-refractivity contribution in [1.29, 1.82) is 0 Å². The summed E-state index contributed by atoms with van der Waals surface area (Å²) in [6, 6.07) is 6.61. The first-order valence-corrected chi connectivity index (χ1v) is 6.85. The van der Waals surface area contributed by atoms with Crippen LogP contribution in [0.25, 0.3) is 0 Å². The minimum atomic E-state index is -1.15. The number of para-hydroxylation sites is 1. The van der Waals surface area contributed by atoms with E-state index in [1.54, 1.807) is 18.2 Å². The zero-order valence-corrected chi connectivity index (χ0v) is 11.6. The summed E-state index contributed by atoms with van der Waals surface area (Å²) in [4.78, 5) is 10.4. The van der Waals surface area contributed by atoms with Gasteiger partial charge in [-0.25, -0.2) is 0 Å². The van der Waals surface area contributed by atoms with Crippen LogP contribution in [-0.2, 0) is 17.8 Å². The van der Waals surface area contributed by atoms with Gasteiger partial charge in [0.2, 0.25) is 0 Å². The Bertz CT molecular complexity index is 418. The van der Waals surface area contributed by atoms with E-state index in [0.29, 0.717) is 18.5 Å². The molecule has 0 aliphatic rings. The Balaban J connectivity index is 2.57. The SMILES string of the molecule is CC(C)(C)[S@+]([O-])NCCc1ccccc1[N+](=O)[O-]. The summed E-state index contributed by atoms with van der Waals surface area (Å²) in [5, 5.41) is 10.8. The monoisotopic (exact) mass is 270 g/mol. The van der Waals surface area contributed by atoms with Crippen molar-refractivity contribution < 1.29 is 9.48 Å². The number of benzene rings is 1. The second-order valence-corrected chi connectivity index (χ2v) is 6.96. The van der Waals surface area contributed by atoms with Gasteiger partial charge in [0.05, 0.1) is 4.92 Å². The summed E-state index contributed by atoms with van der Waals surface area (Å²) in [6.07, 6.45) is 0.485. The summed E-state index contributed by atoms with van der Waals surface area (Å²) in [5.41, 5.74) is 0.766. The number of hydrogen-bond donors (Lipinski definition) is 1. The molecule has 18 heavy (non-hydrogen) atoms. The van der Waals surface area contributed by atoms with Crippen LogP contribution in [0.4, 0.5) is 5.69 Å². The molecule has 1 atom stereocenters. The average molecular weight is 270 g/mol. The van der Waals surface area contributed by atoms with Crippen molar-refractivity contribution in [2.75, 3.05) is 6.54 Å². The maximum atomic E-state index is 11.7. The zero-order chi connectivity index (χ0) is 13.8. The molecule has 5 nitrogen and oxygen atoms in total. The number of nitro benzene ring substituents is 1. The predicted molar refractivity (Wildman–Crippen MR) is 72.7 cm³/mol. The normalized spacial score (nSPS) is 13.3. The van der Waals surface area contributed by atoms with E-state index in [9.17, 15) is 14.7 Å². The summed E-state index contributed by atoms with van der Waals surface area (Å²) in [6.45, 7) is 6.08. The van der Waals surface area contributed by atoms with Gasteiger partial charge in [-0.2, -0.15) is 0 Å². The van der Waals surface area contributed by atoms with E-state index in [4.69, 9.17) is 0 Å². The molecule has 0 fully saturated rings. The van der Waals surface area contributed by atoms with Crippen LogP contribution in [0, 0.1) is 10.1 Å². The minimum absolute atomic E-state index is 0.112. The number of rotatable bonds is 5. The van der Waals surface area contributed by atoms with E-state index < -0.39 is 16.3 Å². The van der Waals surface area contributed by atoms with Gasteiger partial charge in [0.1, 0.15) is 4.75 Å². The van der Waals surface area contributed by atoms with Crippen LogP contribution < -0.4 is 4.72 Å². The molecule has 0 aromatic heterocycles. The third-order valence-electron chi connectivity index (χ3n) is 2.37. The van der Waals surface area contributed by atoms with Crippen molar-refractivity contribution in [3.05, 3.63) is 39.9 Å². The summed E-state index contributed by atoms with van der Waals surface area (Å²) < 4.78 is 14.3. The molecular formula is C12H18N2O3S. The van der Waals surface area contributed by atoms with E-state index in [0.717, 1.165) is 0 Å². The molecule has 0 amide bonds. The second kappa shape index (κ2) is 6.17. The molecule has 1 aromatic rings. The van der Waals surface area contributed by atoms with Crippen LogP contribution in [0.3, 0.4) is 0 Å². The van der Waals surface area contributed by atoms with Gasteiger partial charge in [-0.3, -0.25) is 10.1 Å². The Labute approximate surface area is 110 Å². The summed E-state index contributed by atoms with van der Waals surface area (Å²) in [5.74, 6) is 0. The van der Waals surface area contributed by atoms with Crippen molar-refractivity contribution in [3.8, 4) is 0 Å². The second-order valence-electron chi connectivity index (χ2n) is 4.91. The molecule has 1 rings (SSSR count). The highest BCUT2D eigenvalue weighted by molar-refractivity contribution is 7.90. The third kappa shape index (κ3) is 4.29. The molecule has 0 aliphatic carbocycles. The molecule has 0 unspecified atom stereocenters. The lowest BCUT2D eigenvalue weighted by Crippen LogP contribution is -2.40. The Kier molecular flexibility index (Phi) is 5.13.